The molecule has 2 aliphatic heterocycles. The van der Waals surface area contributed by atoms with Crippen LogP contribution in [0.5, 0.6) is 0 Å². The number of hydrogen-bond acceptors (Lipinski definition) is 4. The average molecular weight is 427 g/mol. The van der Waals surface area contributed by atoms with E-state index < -0.39 is 6.43 Å². The summed E-state index contributed by atoms with van der Waals surface area (Å²) in [7, 11) is 0. The minimum Gasteiger partial charge on any atom is -0.324 e. The Bertz CT molecular complexity index is 1060. The lowest BCUT2D eigenvalue weighted by Crippen LogP contribution is -2.53. The van der Waals surface area contributed by atoms with Crippen molar-refractivity contribution in [3.05, 3.63) is 59.4 Å². The van der Waals surface area contributed by atoms with Gasteiger partial charge < -0.3 is 9.80 Å². The summed E-state index contributed by atoms with van der Waals surface area (Å²) in [6, 6.07) is 9.22. The van der Waals surface area contributed by atoms with E-state index in [9.17, 15) is 13.6 Å². The number of halogens is 2. The zero-order valence-corrected chi connectivity index (χ0v) is 17.1. The highest BCUT2D eigenvalue weighted by atomic mass is 19.3. The largest absolute Gasteiger partial charge is 0.324 e. The molecule has 162 valence electrons. The second-order valence-corrected chi connectivity index (χ2v) is 8.20. The number of H-pyrrole nitrogens is 1. The smallest absolute Gasteiger partial charge is 0.320 e. The molecule has 2 saturated heterocycles. The molecule has 0 spiro atoms. The van der Waals surface area contributed by atoms with Gasteiger partial charge >= 0.3 is 6.03 Å². The molecule has 0 saturated carbocycles. The van der Waals surface area contributed by atoms with E-state index in [0.29, 0.717) is 25.3 Å². The minimum absolute atomic E-state index is 0.0709. The summed E-state index contributed by atoms with van der Waals surface area (Å²) in [5.74, 6) is 1.33. The van der Waals surface area contributed by atoms with E-state index in [1.165, 1.54) is 17.1 Å². The molecule has 2 aliphatic rings. The number of aromatic nitrogens is 5. The van der Waals surface area contributed by atoms with Crippen LogP contribution in [0.1, 0.15) is 47.5 Å². The van der Waals surface area contributed by atoms with Gasteiger partial charge in [-0.2, -0.15) is 10.2 Å². The molecule has 1 atom stereocenters. The maximum Gasteiger partial charge on any atom is 0.320 e. The number of amides is 2. The first-order chi connectivity index (χ1) is 15.0. The van der Waals surface area contributed by atoms with Crippen molar-refractivity contribution in [3.63, 3.8) is 0 Å². The van der Waals surface area contributed by atoms with Gasteiger partial charge in [0.25, 0.3) is 6.43 Å². The average Bonchev–Trinajstić information content (AvgIpc) is 3.47. The van der Waals surface area contributed by atoms with Crippen LogP contribution in [0.15, 0.2) is 36.7 Å². The lowest BCUT2D eigenvalue weighted by atomic mass is 9.91. The maximum absolute atomic E-state index is 12.9. The predicted octanol–water partition coefficient (Wildman–Crippen LogP) is 3.25. The number of carbonyl (C=O) groups is 1. The van der Waals surface area contributed by atoms with E-state index >= 15 is 0 Å². The number of hydrogen-bond donors (Lipinski definition) is 1. The summed E-state index contributed by atoms with van der Waals surface area (Å²) in [4.78, 5) is 20.7. The third-order valence-corrected chi connectivity index (χ3v) is 6.17. The molecule has 1 aromatic carbocycles. The second-order valence-electron chi connectivity index (χ2n) is 8.20. The van der Waals surface area contributed by atoms with Crippen molar-refractivity contribution in [1.29, 1.82) is 0 Å². The molecule has 10 heteroatoms. The van der Waals surface area contributed by atoms with Crippen LogP contribution in [0.4, 0.5) is 13.6 Å². The number of aromatic amines is 1. The first-order valence-corrected chi connectivity index (χ1v) is 10.3. The van der Waals surface area contributed by atoms with Gasteiger partial charge in [-0.3, -0.25) is 5.10 Å². The molecule has 31 heavy (non-hydrogen) atoms. The van der Waals surface area contributed by atoms with Gasteiger partial charge in [-0.25, -0.2) is 23.2 Å². The van der Waals surface area contributed by atoms with Crippen LogP contribution in [0.3, 0.4) is 0 Å². The van der Waals surface area contributed by atoms with Crippen LogP contribution in [-0.2, 0) is 0 Å². The molecule has 0 aliphatic carbocycles. The lowest BCUT2D eigenvalue weighted by molar-refractivity contribution is 0.121. The van der Waals surface area contributed by atoms with Crippen molar-refractivity contribution in [2.45, 2.75) is 31.6 Å². The second kappa shape index (κ2) is 7.75. The molecular weight excluding hydrogens is 404 g/mol. The highest BCUT2D eigenvalue weighted by molar-refractivity contribution is 5.76. The third-order valence-electron chi connectivity index (χ3n) is 6.17. The molecule has 2 aromatic heterocycles. The number of nitrogens with one attached hydrogen (secondary N) is 1. The molecular formula is C21H23F2N7O. The van der Waals surface area contributed by atoms with Crippen molar-refractivity contribution in [2.24, 2.45) is 0 Å². The van der Waals surface area contributed by atoms with Crippen LogP contribution < -0.4 is 0 Å². The van der Waals surface area contributed by atoms with Crippen LogP contribution >= 0.6 is 0 Å². The van der Waals surface area contributed by atoms with Gasteiger partial charge in [0, 0.05) is 43.7 Å². The number of nitrogens with zero attached hydrogens (tertiary/aromatic N) is 6. The molecule has 0 radical (unpaired) electrons. The van der Waals surface area contributed by atoms with E-state index in [2.05, 4.69) is 20.3 Å². The Hall–Kier alpha value is -3.30. The molecule has 1 N–H and O–H groups in total. The van der Waals surface area contributed by atoms with Gasteiger partial charge in [-0.15, -0.1) is 0 Å². The summed E-state index contributed by atoms with van der Waals surface area (Å²) < 4.78 is 27.3. The Morgan fingerprint density at radius 1 is 1.13 bits per heavy atom. The lowest BCUT2D eigenvalue weighted by Gasteiger charge is -2.41. The number of likely N-dealkylation sites (tertiary alicyclic amines) is 2. The van der Waals surface area contributed by atoms with E-state index in [0.717, 1.165) is 30.0 Å². The molecule has 2 fully saturated rings. The highest BCUT2D eigenvalue weighted by Crippen LogP contribution is 2.31. The van der Waals surface area contributed by atoms with Crippen molar-refractivity contribution in [2.75, 3.05) is 26.2 Å². The number of alkyl halides is 2. The van der Waals surface area contributed by atoms with E-state index in [1.807, 2.05) is 34.1 Å². The SMILES string of the molecule is Cc1cc(C(F)F)nn1-c1ccc(C2CN(C(=O)N3CC[C@H](c4ncn[nH]4)C3)C2)cc1. The first-order valence-electron chi connectivity index (χ1n) is 10.3. The maximum atomic E-state index is 12.9. The van der Waals surface area contributed by atoms with Crippen LogP contribution in [0, 0.1) is 6.92 Å². The van der Waals surface area contributed by atoms with Gasteiger partial charge in [-0.05, 0) is 37.1 Å². The van der Waals surface area contributed by atoms with Gasteiger partial charge in [0.15, 0.2) is 0 Å². The summed E-state index contributed by atoms with van der Waals surface area (Å²) in [5.41, 5.74) is 2.32. The fraction of sp³-hybridized carbons (Fsp3) is 0.429. The molecule has 0 unspecified atom stereocenters. The zero-order valence-electron chi connectivity index (χ0n) is 17.1. The molecule has 4 heterocycles. The first kappa shape index (κ1) is 19.7. The molecule has 0 bridgehead atoms. The topological polar surface area (TPSA) is 82.9 Å². The number of benzene rings is 1. The number of rotatable bonds is 4. The zero-order chi connectivity index (χ0) is 21.5. The van der Waals surface area contributed by atoms with Gasteiger partial charge in [0.05, 0.1) is 5.69 Å². The Morgan fingerprint density at radius 3 is 2.52 bits per heavy atom. The summed E-state index contributed by atoms with van der Waals surface area (Å²) in [5, 5.41) is 10.8. The van der Waals surface area contributed by atoms with E-state index in [1.54, 1.807) is 6.92 Å². The molecule has 2 amide bonds. The van der Waals surface area contributed by atoms with Crippen LogP contribution in [0.25, 0.3) is 5.69 Å². The normalized spacial score (nSPS) is 19.3. The standard InChI is InChI=1S/C21H23F2N7O/c1-13-8-18(19(22)23)27-30(13)17-4-2-14(3-5-17)16-10-29(11-16)21(31)28-7-6-15(9-28)20-24-12-25-26-20/h2-5,8,12,15-16,19H,6-7,9-11H2,1H3,(H,24,25,26)/t15-/m0/s1. The van der Waals surface area contributed by atoms with Gasteiger partial charge in [0.2, 0.25) is 0 Å². The monoisotopic (exact) mass is 427 g/mol. The summed E-state index contributed by atoms with van der Waals surface area (Å²) in [6.07, 6.45) is -0.199. The van der Waals surface area contributed by atoms with Gasteiger partial charge in [-0.1, -0.05) is 12.1 Å². The fourth-order valence-corrected chi connectivity index (χ4v) is 4.37. The van der Waals surface area contributed by atoms with Crippen molar-refractivity contribution < 1.29 is 13.6 Å². The van der Waals surface area contributed by atoms with Crippen LogP contribution in [-0.4, -0.2) is 67.0 Å². The van der Waals surface area contributed by atoms with E-state index in [-0.39, 0.29) is 23.6 Å². The summed E-state index contributed by atoms with van der Waals surface area (Å²) in [6.45, 7) is 4.50. The molecule has 3 aromatic rings. The number of aryl methyl sites for hydroxylation is 1. The number of urea groups is 1. The van der Waals surface area contributed by atoms with Crippen LogP contribution in [0.2, 0.25) is 0 Å². The van der Waals surface area contributed by atoms with Crippen molar-refractivity contribution in [1.82, 2.24) is 34.8 Å². The Kier molecular flexibility index (Phi) is 4.91. The third kappa shape index (κ3) is 3.66. The predicted molar refractivity (Wildman–Crippen MR) is 108 cm³/mol. The quantitative estimate of drug-likeness (QED) is 0.693. The van der Waals surface area contributed by atoms with Gasteiger partial charge in [0.1, 0.15) is 17.8 Å². The Morgan fingerprint density at radius 2 is 1.87 bits per heavy atom. The number of carbonyl (C=O) groups excluding carboxylic acids is 1. The Balaban J connectivity index is 1.18. The van der Waals surface area contributed by atoms with E-state index in [4.69, 9.17) is 0 Å². The molecule has 8 nitrogen and oxygen atoms in total. The Labute approximate surface area is 177 Å². The minimum atomic E-state index is -2.58. The van der Waals surface area contributed by atoms with Crippen molar-refractivity contribution in [3.8, 4) is 5.69 Å². The summed E-state index contributed by atoms with van der Waals surface area (Å²) >= 11 is 0. The molecule has 5 rings (SSSR count). The highest BCUT2D eigenvalue weighted by Gasteiger charge is 2.37. The fourth-order valence-electron chi connectivity index (χ4n) is 4.37. The van der Waals surface area contributed by atoms with Crippen molar-refractivity contribution >= 4 is 6.03 Å².